The molecule has 1 heterocycles. The first-order valence-electron chi connectivity index (χ1n) is 6.45. The van der Waals surface area contributed by atoms with Gasteiger partial charge in [-0.3, -0.25) is 4.79 Å². The highest BCUT2D eigenvalue weighted by atomic mass is 35.5. The molecule has 17 heavy (non-hydrogen) atoms. The van der Waals surface area contributed by atoms with Gasteiger partial charge in [0.05, 0.1) is 6.61 Å². The lowest BCUT2D eigenvalue weighted by atomic mass is 9.95. The molecule has 4 unspecified atom stereocenters. The van der Waals surface area contributed by atoms with Gasteiger partial charge < -0.3 is 15.4 Å². The minimum absolute atomic E-state index is 0. The van der Waals surface area contributed by atoms with Crippen LogP contribution in [0.5, 0.6) is 0 Å². The van der Waals surface area contributed by atoms with Gasteiger partial charge in [0.2, 0.25) is 0 Å². The fourth-order valence-electron chi connectivity index (χ4n) is 3.43. The first-order valence-corrected chi connectivity index (χ1v) is 6.45. The first-order chi connectivity index (χ1) is 7.83. The van der Waals surface area contributed by atoms with Gasteiger partial charge in [0.15, 0.2) is 0 Å². The zero-order valence-corrected chi connectivity index (χ0v) is 10.8. The van der Waals surface area contributed by atoms with Crippen molar-refractivity contribution in [2.45, 2.75) is 37.8 Å². The van der Waals surface area contributed by atoms with Crippen LogP contribution in [0.2, 0.25) is 0 Å². The lowest BCUT2D eigenvalue weighted by Gasteiger charge is -2.27. The number of carbonyl (C=O) groups excluding carboxylic acids is 1. The van der Waals surface area contributed by atoms with Gasteiger partial charge in [-0.25, -0.2) is 0 Å². The predicted molar refractivity (Wildman–Crippen MR) is 67.2 cm³/mol. The third kappa shape index (κ3) is 2.75. The Morgan fingerprint density at radius 1 is 1.29 bits per heavy atom. The molecule has 98 valence electrons. The number of rotatable bonds is 2. The summed E-state index contributed by atoms with van der Waals surface area (Å²) in [4.78, 5) is 12.0. The van der Waals surface area contributed by atoms with Gasteiger partial charge in [0.1, 0.15) is 6.10 Å². The van der Waals surface area contributed by atoms with Crippen LogP contribution in [0.3, 0.4) is 0 Å². The van der Waals surface area contributed by atoms with E-state index >= 15 is 0 Å². The van der Waals surface area contributed by atoms with E-state index in [1.165, 1.54) is 25.7 Å². The summed E-state index contributed by atoms with van der Waals surface area (Å²) in [5, 5.41) is 6.36. The van der Waals surface area contributed by atoms with Crippen molar-refractivity contribution in [1.29, 1.82) is 0 Å². The number of hydrogen-bond acceptors (Lipinski definition) is 3. The van der Waals surface area contributed by atoms with Crippen molar-refractivity contribution in [3.63, 3.8) is 0 Å². The number of hydrogen-bond donors (Lipinski definition) is 2. The van der Waals surface area contributed by atoms with Crippen LogP contribution in [-0.4, -0.2) is 37.7 Å². The second-order valence-corrected chi connectivity index (χ2v) is 5.35. The fourth-order valence-corrected chi connectivity index (χ4v) is 3.43. The summed E-state index contributed by atoms with van der Waals surface area (Å²) in [5.41, 5.74) is 0. The topological polar surface area (TPSA) is 50.4 Å². The molecule has 3 rings (SSSR count). The second kappa shape index (κ2) is 5.55. The number of ether oxygens (including phenoxy) is 1. The largest absolute Gasteiger partial charge is 0.366 e. The van der Waals surface area contributed by atoms with E-state index in [0.29, 0.717) is 19.2 Å². The monoisotopic (exact) mass is 260 g/mol. The zero-order chi connectivity index (χ0) is 11.0. The Morgan fingerprint density at radius 2 is 2.18 bits per heavy atom. The first kappa shape index (κ1) is 13.1. The van der Waals surface area contributed by atoms with Gasteiger partial charge in [-0.15, -0.1) is 12.4 Å². The maximum Gasteiger partial charge on any atom is 0.250 e. The van der Waals surface area contributed by atoms with Crippen molar-refractivity contribution < 1.29 is 9.53 Å². The molecule has 0 aromatic heterocycles. The van der Waals surface area contributed by atoms with Crippen molar-refractivity contribution in [2.75, 3.05) is 19.7 Å². The molecule has 2 bridgehead atoms. The average molecular weight is 261 g/mol. The van der Waals surface area contributed by atoms with E-state index in [2.05, 4.69) is 10.6 Å². The smallest absolute Gasteiger partial charge is 0.250 e. The minimum atomic E-state index is -0.270. The van der Waals surface area contributed by atoms with Gasteiger partial charge >= 0.3 is 0 Å². The van der Waals surface area contributed by atoms with Gasteiger partial charge in [-0.2, -0.15) is 0 Å². The Morgan fingerprint density at radius 3 is 2.76 bits per heavy atom. The molecule has 0 aromatic rings. The SMILES string of the molecule is Cl.O=C(NC1CC2CCC1C2)C1CNCCO1. The van der Waals surface area contributed by atoms with E-state index < -0.39 is 0 Å². The van der Waals surface area contributed by atoms with Crippen molar-refractivity contribution in [2.24, 2.45) is 11.8 Å². The maximum atomic E-state index is 12.0. The highest BCUT2D eigenvalue weighted by Crippen LogP contribution is 2.44. The number of amides is 1. The second-order valence-electron chi connectivity index (χ2n) is 5.35. The molecule has 0 spiro atoms. The quantitative estimate of drug-likeness (QED) is 0.769. The minimum Gasteiger partial charge on any atom is -0.366 e. The molecule has 3 aliphatic rings. The summed E-state index contributed by atoms with van der Waals surface area (Å²) in [6.45, 7) is 2.17. The number of fused-ring (bicyclic) bond motifs is 2. The van der Waals surface area contributed by atoms with Crippen LogP contribution in [0.25, 0.3) is 0 Å². The van der Waals surface area contributed by atoms with E-state index in [4.69, 9.17) is 4.74 Å². The normalized spacial score (nSPS) is 39.8. The number of morpholine rings is 1. The Hall–Kier alpha value is -0.320. The van der Waals surface area contributed by atoms with Crippen LogP contribution in [-0.2, 0) is 9.53 Å². The van der Waals surface area contributed by atoms with Crippen LogP contribution >= 0.6 is 12.4 Å². The van der Waals surface area contributed by atoms with Crippen molar-refractivity contribution in [3.05, 3.63) is 0 Å². The molecule has 3 fully saturated rings. The molecular formula is C12H21ClN2O2. The molecular weight excluding hydrogens is 240 g/mol. The molecule has 4 nitrogen and oxygen atoms in total. The van der Waals surface area contributed by atoms with Crippen molar-refractivity contribution >= 4 is 18.3 Å². The molecule has 2 saturated carbocycles. The van der Waals surface area contributed by atoms with Crippen LogP contribution < -0.4 is 10.6 Å². The van der Waals surface area contributed by atoms with Gasteiger partial charge in [-0.1, -0.05) is 6.42 Å². The Balaban J connectivity index is 0.00000108. The van der Waals surface area contributed by atoms with E-state index in [9.17, 15) is 4.79 Å². The number of halogens is 1. The summed E-state index contributed by atoms with van der Waals surface area (Å²) >= 11 is 0. The van der Waals surface area contributed by atoms with Crippen LogP contribution in [0, 0.1) is 11.8 Å². The summed E-state index contributed by atoms with van der Waals surface area (Å²) in [6, 6.07) is 0.428. The molecule has 0 aromatic carbocycles. The predicted octanol–water partition coefficient (Wildman–Crippen LogP) is 0.701. The summed E-state index contributed by atoms with van der Waals surface area (Å²) in [6.07, 6.45) is 4.93. The van der Waals surface area contributed by atoms with Crippen molar-refractivity contribution in [3.8, 4) is 0 Å². The molecule has 1 saturated heterocycles. The van der Waals surface area contributed by atoms with E-state index in [0.717, 1.165) is 18.4 Å². The maximum absolute atomic E-state index is 12.0. The molecule has 0 radical (unpaired) electrons. The van der Waals surface area contributed by atoms with Crippen LogP contribution in [0.4, 0.5) is 0 Å². The lowest BCUT2D eigenvalue weighted by molar-refractivity contribution is -0.135. The zero-order valence-electron chi connectivity index (χ0n) is 9.98. The highest BCUT2D eigenvalue weighted by molar-refractivity contribution is 5.85. The number of nitrogens with one attached hydrogen (secondary N) is 2. The Kier molecular flexibility index (Phi) is 4.28. The highest BCUT2D eigenvalue weighted by Gasteiger charge is 2.40. The third-order valence-electron chi connectivity index (χ3n) is 4.29. The molecule has 5 heteroatoms. The van der Waals surface area contributed by atoms with Gasteiger partial charge in [0.25, 0.3) is 5.91 Å². The fraction of sp³-hybridized carbons (Fsp3) is 0.917. The Bertz CT molecular complexity index is 282. The summed E-state index contributed by atoms with van der Waals surface area (Å²) in [5.74, 6) is 1.70. The van der Waals surface area contributed by atoms with Gasteiger partial charge in [0, 0.05) is 19.1 Å². The average Bonchev–Trinajstić information content (AvgIpc) is 2.92. The summed E-state index contributed by atoms with van der Waals surface area (Å²) in [7, 11) is 0. The van der Waals surface area contributed by atoms with E-state index in [-0.39, 0.29) is 24.4 Å². The molecule has 2 aliphatic carbocycles. The van der Waals surface area contributed by atoms with Crippen LogP contribution in [0.1, 0.15) is 25.7 Å². The molecule has 4 atom stereocenters. The Labute approximate surface area is 108 Å². The molecule has 1 aliphatic heterocycles. The molecule has 1 amide bonds. The van der Waals surface area contributed by atoms with Gasteiger partial charge in [-0.05, 0) is 31.1 Å². The van der Waals surface area contributed by atoms with E-state index in [1.807, 2.05) is 0 Å². The number of carbonyl (C=O) groups is 1. The summed E-state index contributed by atoms with van der Waals surface area (Å²) < 4.78 is 5.46. The van der Waals surface area contributed by atoms with E-state index in [1.54, 1.807) is 0 Å². The standard InChI is InChI=1S/C12H20N2O2.ClH/c15-12(11-7-13-3-4-16-11)14-10-6-8-1-2-9(10)5-8;/h8-11,13H,1-7H2,(H,14,15);1H. The van der Waals surface area contributed by atoms with Crippen molar-refractivity contribution in [1.82, 2.24) is 10.6 Å². The lowest BCUT2D eigenvalue weighted by Crippen LogP contribution is -2.51. The molecule has 2 N–H and O–H groups in total. The third-order valence-corrected chi connectivity index (χ3v) is 4.29. The van der Waals surface area contributed by atoms with Crippen LogP contribution in [0.15, 0.2) is 0 Å².